The van der Waals surface area contributed by atoms with Crippen LogP contribution in [0, 0.1) is 5.92 Å². The molecule has 16 heavy (non-hydrogen) atoms. The highest BCUT2D eigenvalue weighted by atomic mass is 16.1. The molecule has 1 aromatic rings. The molecule has 2 nitrogen and oxygen atoms in total. The summed E-state index contributed by atoms with van der Waals surface area (Å²) < 4.78 is 0. The lowest BCUT2D eigenvalue weighted by molar-refractivity contribution is -0.121. The number of pyridine rings is 1. The van der Waals surface area contributed by atoms with Gasteiger partial charge in [0.1, 0.15) is 5.78 Å². The van der Waals surface area contributed by atoms with Crippen LogP contribution >= 0.6 is 0 Å². The number of rotatable bonds is 3. The van der Waals surface area contributed by atoms with Gasteiger partial charge in [-0.2, -0.15) is 0 Å². The summed E-state index contributed by atoms with van der Waals surface area (Å²) >= 11 is 0. The molecule has 1 aliphatic carbocycles. The fourth-order valence-corrected chi connectivity index (χ4v) is 2.28. The zero-order valence-electron chi connectivity index (χ0n) is 9.91. The zero-order chi connectivity index (χ0) is 11.4. The van der Waals surface area contributed by atoms with Crippen LogP contribution in [-0.2, 0) is 17.6 Å². The average Bonchev–Trinajstić information content (AvgIpc) is 2.33. The summed E-state index contributed by atoms with van der Waals surface area (Å²) in [7, 11) is 0. The molecule has 0 N–H and O–H groups in total. The third kappa shape index (κ3) is 2.91. The van der Waals surface area contributed by atoms with E-state index in [0.717, 1.165) is 38.5 Å². The maximum absolute atomic E-state index is 11.1. The Morgan fingerprint density at radius 2 is 2.06 bits per heavy atom. The first-order chi connectivity index (χ1) is 7.78. The van der Waals surface area contributed by atoms with E-state index in [2.05, 4.69) is 24.0 Å². The summed E-state index contributed by atoms with van der Waals surface area (Å²) in [6.07, 6.45) is 7.72. The number of Topliss-reactive ketones (excluding diaryl/α,β-unsaturated/α-hetero) is 1. The first kappa shape index (κ1) is 11.3. The topological polar surface area (TPSA) is 30.0 Å². The Bertz CT molecular complexity index is 346. The molecule has 1 aliphatic rings. The Morgan fingerprint density at radius 3 is 2.62 bits per heavy atom. The number of carbonyl (C=O) groups is 1. The van der Waals surface area contributed by atoms with Gasteiger partial charge in [-0.1, -0.05) is 13.0 Å². The van der Waals surface area contributed by atoms with E-state index < -0.39 is 0 Å². The van der Waals surface area contributed by atoms with Crippen molar-refractivity contribution in [2.75, 3.05) is 0 Å². The average molecular weight is 217 g/mol. The third-order valence-corrected chi connectivity index (χ3v) is 3.45. The predicted octanol–water partition coefficient (Wildman–Crippen LogP) is 2.95. The first-order valence-corrected chi connectivity index (χ1v) is 6.23. The maximum atomic E-state index is 11.1. The molecule has 0 saturated heterocycles. The molecule has 0 atom stereocenters. The summed E-state index contributed by atoms with van der Waals surface area (Å²) in [6.45, 7) is 2.14. The van der Waals surface area contributed by atoms with Crippen LogP contribution in [0.15, 0.2) is 18.3 Å². The molecule has 0 radical (unpaired) electrons. The third-order valence-electron chi connectivity index (χ3n) is 3.45. The number of ketones is 1. The normalized spacial score (nSPS) is 17.7. The lowest BCUT2D eigenvalue weighted by Gasteiger charge is -2.20. The van der Waals surface area contributed by atoms with Gasteiger partial charge in [0.15, 0.2) is 0 Å². The van der Waals surface area contributed by atoms with Crippen LogP contribution < -0.4 is 0 Å². The number of carbonyl (C=O) groups excluding carboxylic acids is 1. The zero-order valence-corrected chi connectivity index (χ0v) is 9.91. The standard InChI is InChI=1S/C14H19NO/c1-2-11-3-6-13(15-10-11)9-12-4-7-14(16)8-5-12/h3,6,10,12H,2,4-5,7-9H2,1H3. The van der Waals surface area contributed by atoms with Crippen LogP contribution in [0.25, 0.3) is 0 Å². The highest BCUT2D eigenvalue weighted by molar-refractivity contribution is 5.79. The fourth-order valence-electron chi connectivity index (χ4n) is 2.28. The van der Waals surface area contributed by atoms with E-state index in [-0.39, 0.29) is 0 Å². The highest BCUT2D eigenvalue weighted by Crippen LogP contribution is 2.24. The van der Waals surface area contributed by atoms with E-state index in [0.29, 0.717) is 11.7 Å². The number of aryl methyl sites for hydroxylation is 1. The molecular formula is C14H19NO. The largest absolute Gasteiger partial charge is 0.300 e. The monoisotopic (exact) mass is 217 g/mol. The summed E-state index contributed by atoms with van der Waals surface area (Å²) in [5.41, 5.74) is 2.47. The molecule has 0 aliphatic heterocycles. The number of hydrogen-bond acceptors (Lipinski definition) is 2. The Balaban J connectivity index is 1.90. The molecule has 0 unspecified atom stereocenters. The fraction of sp³-hybridized carbons (Fsp3) is 0.571. The van der Waals surface area contributed by atoms with Crippen molar-refractivity contribution in [2.24, 2.45) is 5.92 Å². The molecule has 2 heteroatoms. The second-order valence-electron chi connectivity index (χ2n) is 4.70. The Labute approximate surface area is 97.1 Å². The number of hydrogen-bond donors (Lipinski definition) is 0. The maximum Gasteiger partial charge on any atom is 0.132 e. The van der Waals surface area contributed by atoms with Crippen LogP contribution in [0.4, 0.5) is 0 Å². The molecule has 0 spiro atoms. The van der Waals surface area contributed by atoms with Gasteiger partial charge in [-0.05, 0) is 43.2 Å². The van der Waals surface area contributed by atoms with Crippen molar-refractivity contribution < 1.29 is 4.79 Å². The summed E-state index contributed by atoms with van der Waals surface area (Å²) in [5.74, 6) is 1.10. The molecule has 1 saturated carbocycles. The molecule has 2 rings (SSSR count). The van der Waals surface area contributed by atoms with Crippen molar-refractivity contribution in [3.63, 3.8) is 0 Å². The van der Waals surface area contributed by atoms with Gasteiger partial charge < -0.3 is 0 Å². The Hall–Kier alpha value is -1.18. The van der Waals surface area contributed by atoms with Gasteiger partial charge in [-0.25, -0.2) is 0 Å². The molecule has 86 valence electrons. The minimum absolute atomic E-state index is 0.436. The van der Waals surface area contributed by atoms with E-state index >= 15 is 0 Å². The van der Waals surface area contributed by atoms with E-state index in [1.165, 1.54) is 11.3 Å². The lowest BCUT2D eigenvalue weighted by atomic mass is 9.85. The second kappa shape index (κ2) is 5.24. The molecule has 1 aromatic heterocycles. The summed E-state index contributed by atoms with van der Waals surface area (Å²) in [5, 5.41) is 0. The highest BCUT2D eigenvalue weighted by Gasteiger charge is 2.19. The van der Waals surface area contributed by atoms with Crippen molar-refractivity contribution in [2.45, 2.75) is 45.4 Å². The van der Waals surface area contributed by atoms with Crippen molar-refractivity contribution >= 4 is 5.78 Å². The van der Waals surface area contributed by atoms with Gasteiger partial charge in [0, 0.05) is 24.7 Å². The van der Waals surface area contributed by atoms with Crippen molar-refractivity contribution in [1.29, 1.82) is 0 Å². The quantitative estimate of drug-likeness (QED) is 0.779. The van der Waals surface area contributed by atoms with Crippen LogP contribution in [0.3, 0.4) is 0 Å². The van der Waals surface area contributed by atoms with Crippen LogP contribution in [-0.4, -0.2) is 10.8 Å². The Morgan fingerprint density at radius 1 is 1.31 bits per heavy atom. The summed E-state index contributed by atoms with van der Waals surface area (Å²) in [4.78, 5) is 15.6. The van der Waals surface area contributed by atoms with Gasteiger partial charge >= 0.3 is 0 Å². The van der Waals surface area contributed by atoms with Gasteiger partial charge in [0.25, 0.3) is 0 Å². The molecular weight excluding hydrogens is 198 g/mol. The second-order valence-corrected chi connectivity index (χ2v) is 4.70. The summed E-state index contributed by atoms with van der Waals surface area (Å²) in [6, 6.07) is 4.30. The lowest BCUT2D eigenvalue weighted by Crippen LogP contribution is -2.16. The predicted molar refractivity (Wildman–Crippen MR) is 64.3 cm³/mol. The van der Waals surface area contributed by atoms with Gasteiger partial charge in [0.2, 0.25) is 0 Å². The molecule has 1 heterocycles. The van der Waals surface area contributed by atoms with E-state index in [4.69, 9.17) is 0 Å². The molecule has 0 amide bonds. The minimum atomic E-state index is 0.436. The number of nitrogens with zero attached hydrogens (tertiary/aromatic N) is 1. The molecule has 1 fully saturated rings. The SMILES string of the molecule is CCc1ccc(CC2CCC(=O)CC2)nc1. The smallest absolute Gasteiger partial charge is 0.132 e. The first-order valence-electron chi connectivity index (χ1n) is 6.23. The van der Waals surface area contributed by atoms with Crippen molar-refractivity contribution in [3.05, 3.63) is 29.6 Å². The van der Waals surface area contributed by atoms with Crippen molar-refractivity contribution in [1.82, 2.24) is 4.98 Å². The Kier molecular flexibility index (Phi) is 3.70. The van der Waals surface area contributed by atoms with Crippen LogP contribution in [0.2, 0.25) is 0 Å². The van der Waals surface area contributed by atoms with E-state index in [9.17, 15) is 4.79 Å². The van der Waals surface area contributed by atoms with Crippen LogP contribution in [0.5, 0.6) is 0 Å². The van der Waals surface area contributed by atoms with Gasteiger partial charge in [-0.15, -0.1) is 0 Å². The van der Waals surface area contributed by atoms with Gasteiger partial charge in [-0.3, -0.25) is 9.78 Å². The van der Waals surface area contributed by atoms with E-state index in [1.54, 1.807) is 0 Å². The molecule has 0 bridgehead atoms. The molecule has 0 aromatic carbocycles. The van der Waals surface area contributed by atoms with Crippen LogP contribution in [0.1, 0.15) is 43.9 Å². The van der Waals surface area contributed by atoms with Crippen molar-refractivity contribution in [3.8, 4) is 0 Å². The minimum Gasteiger partial charge on any atom is -0.300 e. The number of aromatic nitrogens is 1. The van der Waals surface area contributed by atoms with Gasteiger partial charge in [0.05, 0.1) is 0 Å². The van der Waals surface area contributed by atoms with E-state index in [1.807, 2.05) is 6.20 Å².